The van der Waals surface area contributed by atoms with Crippen molar-refractivity contribution in [1.82, 2.24) is 9.55 Å². The predicted octanol–water partition coefficient (Wildman–Crippen LogP) is -0.503. The number of aliphatic hydroxyl groups excluding tert-OH is 3. The van der Waals surface area contributed by atoms with Crippen LogP contribution in [0.4, 0.5) is 4.39 Å². The third kappa shape index (κ3) is 3.58. The molecule has 9 heteroatoms. The second-order valence-electron chi connectivity index (χ2n) is 5.44. The molecular weight excluding hydrogens is 311 g/mol. The van der Waals surface area contributed by atoms with Crippen molar-refractivity contribution in [3.63, 3.8) is 0 Å². The molecule has 1 aliphatic heterocycles. The van der Waals surface area contributed by atoms with Crippen LogP contribution >= 0.6 is 0 Å². The molecule has 4 atom stereocenters. The largest absolute Gasteiger partial charge is 0.473 e. The Kier molecular flexibility index (Phi) is 5.15. The van der Waals surface area contributed by atoms with Crippen LogP contribution in [0.15, 0.2) is 28.7 Å². The lowest BCUT2D eigenvalue weighted by Crippen LogP contribution is -2.42. The summed E-state index contributed by atoms with van der Waals surface area (Å²) in [6.07, 6.45) is -2.22. The second kappa shape index (κ2) is 6.75. The van der Waals surface area contributed by atoms with Crippen molar-refractivity contribution in [1.29, 1.82) is 0 Å². The minimum absolute atomic E-state index is 0.0606. The summed E-state index contributed by atoms with van der Waals surface area (Å²) in [4.78, 5) is 15.6. The number of aliphatic hydroxyl groups is 3. The van der Waals surface area contributed by atoms with Gasteiger partial charge in [-0.25, -0.2) is 9.18 Å². The predicted molar refractivity (Wildman–Crippen MR) is 76.5 cm³/mol. The first kappa shape index (κ1) is 17.5. The standard InChI is InChI=1S/C14H19FN2O6/c1-8(2)4-6-22-9-3-5-17(13(21)16-9)12-10(19)11(20)14(15,7-18)23-12/h3-5,10-12,18-20H,6-7H2,1-2H3/t10-,11+,12-,14-/m1/s1. The molecule has 2 heterocycles. The molecule has 8 nitrogen and oxygen atoms in total. The van der Waals surface area contributed by atoms with Gasteiger partial charge in [-0.05, 0) is 19.9 Å². The summed E-state index contributed by atoms with van der Waals surface area (Å²) >= 11 is 0. The van der Waals surface area contributed by atoms with Crippen molar-refractivity contribution in [3.05, 3.63) is 34.4 Å². The van der Waals surface area contributed by atoms with Crippen molar-refractivity contribution >= 4 is 0 Å². The van der Waals surface area contributed by atoms with Crippen molar-refractivity contribution in [2.75, 3.05) is 13.2 Å². The molecule has 0 aromatic carbocycles. The first-order valence-corrected chi connectivity index (χ1v) is 6.97. The molecule has 0 saturated carbocycles. The van der Waals surface area contributed by atoms with Gasteiger partial charge < -0.3 is 24.8 Å². The summed E-state index contributed by atoms with van der Waals surface area (Å²) in [5, 5.41) is 28.3. The average molecular weight is 330 g/mol. The van der Waals surface area contributed by atoms with Gasteiger partial charge in [0.05, 0.1) is 0 Å². The Bertz CT molecular complexity index is 644. The Morgan fingerprint density at radius 1 is 1.57 bits per heavy atom. The lowest BCUT2D eigenvalue weighted by molar-refractivity contribution is -0.207. The van der Waals surface area contributed by atoms with Gasteiger partial charge in [0, 0.05) is 12.3 Å². The van der Waals surface area contributed by atoms with Gasteiger partial charge in [0.1, 0.15) is 25.4 Å². The molecule has 0 radical (unpaired) electrons. The zero-order valence-corrected chi connectivity index (χ0v) is 12.7. The van der Waals surface area contributed by atoms with Crippen molar-refractivity contribution in [2.24, 2.45) is 0 Å². The minimum Gasteiger partial charge on any atom is -0.473 e. The number of halogens is 1. The van der Waals surface area contributed by atoms with Gasteiger partial charge in [0.15, 0.2) is 6.23 Å². The molecule has 0 unspecified atom stereocenters. The fourth-order valence-electron chi connectivity index (χ4n) is 2.07. The molecule has 0 bridgehead atoms. The molecule has 1 aliphatic rings. The highest BCUT2D eigenvalue weighted by atomic mass is 19.2. The van der Waals surface area contributed by atoms with Crippen LogP contribution in [-0.4, -0.2) is 56.1 Å². The smallest absolute Gasteiger partial charge is 0.353 e. The number of hydrogen-bond acceptors (Lipinski definition) is 7. The number of allylic oxidation sites excluding steroid dienone is 1. The zero-order chi connectivity index (χ0) is 17.2. The molecule has 2 rings (SSSR count). The Hall–Kier alpha value is -1.81. The van der Waals surface area contributed by atoms with Gasteiger partial charge in [-0.15, -0.1) is 0 Å². The van der Waals surface area contributed by atoms with E-state index in [4.69, 9.17) is 14.6 Å². The SMILES string of the molecule is CC(C)=CCOc1ccn([C@@H]2O[C@](F)(CO)[C@@H](O)[C@H]2O)c(=O)n1. The lowest BCUT2D eigenvalue weighted by Gasteiger charge is -2.19. The van der Waals surface area contributed by atoms with E-state index in [9.17, 15) is 19.4 Å². The van der Waals surface area contributed by atoms with E-state index < -0.39 is 36.6 Å². The number of rotatable bonds is 5. The fourth-order valence-corrected chi connectivity index (χ4v) is 2.07. The van der Waals surface area contributed by atoms with E-state index in [1.54, 1.807) is 6.08 Å². The van der Waals surface area contributed by atoms with E-state index in [0.717, 1.165) is 10.1 Å². The summed E-state index contributed by atoms with van der Waals surface area (Å²) in [6.45, 7) is 2.86. The Morgan fingerprint density at radius 2 is 2.26 bits per heavy atom. The van der Waals surface area contributed by atoms with E-state index in [1.807, 2.05) is 13.8 Å². The molecule has 1 aromatic rings. The van der Waals surface area contributed by atoms with Crippen LogP contribution in [0.5, 0.6) is 5.88 Å². The zero-order valence-electron chi connectivity index (χ0n) is 12.7. The fraction of sp³-hybridized carbons (Fsp3) is 0.571. The molecule has 0 spiro atoms. The molecule has 1 fully saturated rings. The van der Waals surface area contributed by atoms with Crippen LogP contribution in [-0.2, 0) is 4.74 Å². The molecule has 0 aliphatic carbocycles. The van der Waals surface area contributed by atoms with Crippen molar-refractivity contribution < 1.29 is 29.2 Å². The Morgan fingerprint density at radius 3 is 2.78 bits per heavy atom. The van der Waals surface area contributed by atoms with E-state index in [0.29, 0.717) is 0 Å². The summed E-state index contributed by atoms with van der Waals surface area (Å²) in [7, 11) is 0. The van der Waals surface area contributed by atoms with E-state index in [1.165, 1.54) is 12.3 Å². The molecular formula is C14H19FN2O6. The first-order chi connectivity index (χ1) is 10.8. The normalized spacial score (nSPS) is 30.3. The number of nitrogens with zero attached hydrogens (tertiary/aromatic N) is 2. The van der Waals surface area contributed by atoms with Crippen LogP contribution in [0.3, 0.4) is 0 Å². The lowest BCUT2D eigenvalue weighted by atomic mass is 10.1. The number of aromatic nitrogens is 2. The highest BCUT2D eigenvalue weighted by molar-refractivity contribution is 5.08. The Labute approximate surface area is 131 Å². The van der Waals surface area contributed by atoms with Gasteiger partial charge >= 0.3 is 5.69 Å². The number of alkyl halides is 1. The first-order valence-electron chi connectivity index (χ1n) is 6.97. The monoisotopic (exact) mass is 330 g/mol. The summed E-state index contributed by atoms with van der Waals surface area (Å²) in [5.74, 6) is -2.78. The molecule has 128 valence electrons. The van der Waals surface area contributed by atoms with Gasteiger partial charge in [-0.3, -0.25) is 4.57 Å². The summed E-state index contributed by atoms with van der Waals surface area (Å²) in [6, 6.07) is 1.35. The second-order valence-corrected chi connectivity index (χ2v) is 5.44. The van der Waals surface area contributed by atoms with Gasteiger partial charge in [0.2, 0.25) is 5.88 Å². The molecule has 1 aromatic heterocycles. The van der Waals surface area contributed by atoms with Crippen molar-refractivity contribution in [2.45, 2.75) is 38.1 Å². The average Bonchev–Trinajstić information content (AvgIpc) is 2.72. The maximum Gasteiger partial charge on any atom is 0.353 e. The number of hydrogen-bond donors (Lipinski definition) is 3. The van der Waals surface area contributed by atoms with E-state index in [2.05, 4.69) is 4.98 Å². The van der Waals surface area contributed by atoms with Gasteiger partial charge in [-0.2, -0.15) is 4.98 Å². The topological polar surface area (TPSA) is 114 Å². The number of ether oxygens (including phenoxy) is 2. The third-order valence-electron chi connectivity index (χ3n) is 3.39. The van der Waals surface area contributed by atoms with Crippen LogP contribution in [0.25, 0.3) is 0 Å². The molecule has 1 saturated heterocycles. The van der Waals surface area contributed by atoms with Crippen LogP contribution < -0.4 is 10.4 Å². The highest BCUT2D eigenvalue weighted by Gasteiger charge is 2.55. The van der Waals surface area contributed by atoms with Crippen LogP contribution in [0.1, 0.15) is 20.1 Å². The molecule has 3 N–H and O–H groups in total. The summed E-state index contributed by atoms with van der Waals surface area (Å²) < 4.78 is 24.9. The highest BCUT2D eigenvalue weighted by Crippen LogP contribution is 2.37. The van der Waals surface area contributed by atoms with Gasteiger partial charge in [-0.1, -0.05) is 5.57 Å². The van der Waals surface area contributed by atoms with Gasteiger partial charge in [0.25, 0.3) is 5.85 Å². The van der Waals surface area contributed by atoms with Crippen LogP contribution in [0.2, 0.25) is 0 Å². The molecule has 23 heavy (non-hydrogen) atoms. The van der Waals surface area contributed by atoms with E-state index >= 15 is 0 Å². The third-order valence-corrected chi connectivity index (χ3v) is 3.39. The quantitative estimate of drug-likeness (QED) is 0.623. The summed E-state index contributed by atoms with van der Waals surface area (Å²) in [5.41, 5.74) is 0.191. The maximum absolute atomic E-state index is 14.0. The van der Waals surface area contributed by atoms with Crippen LogP contribution in [0, 0.1) is 0 Å². The van der Waals surface area contributed by atoms with E-state index in [-0.39, 0.29) is 12.5 Å². The Balaban J connectivity index is 2.18. The minimum atomic E-state index is -2.85. The van der Waals surface area contributed by atoms with Crippen molar-refractivity contribution in [3.8, 4) is 5.88 Å². The molecule has 0 amide bonds. The maximum atomic E-state index is 14.0.